The molecule has 3 rings (SSSR count). The van der Waals surface area contributed by atoms with Gasteiger partial charge in [-0.1, -0.05) is 46.3 Å². The standard InChI is InChI=1S/C18H20BrF3N2O2/c1-2-26-12-7-8-13(14(25)9-12)16-15(10-3-5-11(19)6-4-10)17(24-23-16)18(20,21)22/h3,5-8,10,12,15-16,23,25H,2,4,9H2,1H3. The lowest BCUT2D eigenvalue weighted by molar-refractivity contribution is -0.0630. The molecule has 0 aromatic heterocycles. The Kier molecular flexibility index (Phi) is 5.62. The van der Waals surface area contributed by atoms with Crippen molar-refractivity contribution >= 4 is 21.6 Å². The number of halogens is 4. The molecule has 0 saturated carbocycles. The summed E-state index contributed by atoms with van der Waals surface area (Å²) in [7, 11) is 0. The molecule has 0 radical (unpaired) electrons. The van der Waals surface area contributed by atoms with E-state index in [0.717, 1.165) is 4.48 Å². The van der Waals surface area contributed by atoms with Crippen molar-refractivity contribution in [1.82, 2.24) is 5.43 Å². The number of aliphatic hydroxyl groups excluding tert-OH is 1. The van der Waals surface area contributed by atoms with E-state index >= 15 is 0 Å². The molecular formula is C18H20BrF3N2O2. The van der Waals surface area contributed by atoms with Crippen molar-refractivity contribution in [1.29, 1.82) is 0 Å². The second-order valence-electron chi connectivity index (χ2n) is 6.43. The van der Waals surface area contributed by atoms with Crippen LogP contribution in [0.25, 0.3) is 0 Å². The number of hydrazone groups is 1. The smallest absolute Gasteiger partial charge is 0.431 e. The Labute approximate surface area is 158 Å². The lowest BCUT2D eigenvalue weighted by atomic mass is 9.76. The number of hydrogen-bond acceptors (Lipinski definition) is 4. The fourth-order valence-electron chi connectivity index (χ4n) is 3.59. The molecule has 2 aliphatic carbocycles. The van der Waals surface area contributed by atoms with Gasteiger partial charge in [0.2, 0.25) is 0 Å². The van der Waals surface area contributed by atoms with Crippen LogP contribution in [0.2, 0.25) is 0 Å². The van der Waals surface area contributed by atoms with E-state index in [4.69, 9.17) is 4.74 Å². The summed E-state index contributed by atoms with van der Waals surface area (Å²) in [6, 6.07) is -0.731. The topological polar surface area (TPSA) is 53.8 Å². The third-order valence-electron chi connectivity index (χ3n) is 4.77. The van der Waals surface area contributed by atoms with Crippen LogP contribution in [0.4, 0.5) is 13.2 Å². The van der Waals surface area contributed by atoms with Crippen LogP contribution in [0.1, 0.15) is 19.8 Å². The first kappa shape index (κ1) is 19.2. The zero-order valence-corrected chi connectivity index (χ0v) is 15.7. The second-order valence-corrected chi connectivity index (χ2v) is 7.35. The summed E-state index contributed by atoms with van der Waals surface area (Å²) in [5.41, 5.74) is 2.22. The molecule has 0 aromatic rings. The first-order valence-electron chi connectivity index (χ1n) is 8.47. The second kappa shape index (κ2) is 7.60. The molecule has 3 aliphatic rings. The van der Waals surface area contributed by atoms with Gasteiger partial charge in [0.25, 0.3) is 0 Å². The van der Waals surface area contributed by atoms with Crippen molar-refractivity contribution in [3.63, 3.8) is 0 Å². The van der Waals surface area contributed by atoms with Crippen LogP contribution >= 0.6 is 15.9 Å². The third-order valence-corrected chi connectivity index (χ3v) is 5.36. The molecular weight excluding hydrogens is 413 g/mol. The van der Waals surface area contributed by atoms with Gasteiger partial charge < -0.3 is 15.3 Å². The molecule has 0 fully saturated rings. The van der Waals surface area contributed by atoms with Gasteiger partial charge in [-0.25, -0.2) is 0 Å². The minimum absolute atomic E-state index is 0.0450. The number of allylic oxidation sites excluding steroid dienone is 4. The van der Waals surface area contributed by atoms with E-state index in [9.17, 15) is 18.3 Å². The van der Waals surface area contributed by atoms with Crippen LogP contribution in [0, 0.1) is 11.8 Å². The summed E-state index contributed by atoms with van der Waals surface area (Å²) in [5, 5.41) is 14.0. The van der Waals surface area contributed by atoms with E-state index in [1.165, 1.54) is 0 Å². The number of alkyl halides is 3. The third kappa shape index (κ3) is 3.91. The first-order chi connectivity index (χ1) is 12.3. The molecule has 0 saturated heterocycles. The summed E-state index contributed by atoms with van der Waals surface area (Å²) in [5.74, 6) is -1.23. The Balaban J connectivity index is 1.88. The molecule has 1 heterocycles. The van der Waals surface area contributed by atoms with Crippen LogP contribution < -0.4 is 5.43 Å². The van der Waals surface area contributed by atoms with Gasteiger partial charge in [-0.15, -0.1) is 0 Å². The molecule has 4 nitrogen and oxygen atoms in total. The average Bonchev–Trinajstić information content (AvgIpc) is 3.01. The normalized spacial score (nSPS) is 31.7. The average molecular weight is 433 g/mol. The molecule has 0 spiro atoms. The maximum atomic E-state index is 13.5. The zero-order valence-electron chi connectivity index (χ0n) is 14.1. The fraction of sp³-hybridized carbons (Fsp3) is 0.500. The predicted molar refractivity (Wildman–Crippen MR) is 97.0 cm³/mol. The van der Waals surface area contributed by atoms with E-state index in [-0.39, 0.29) is 24.2 Å². The Morgan fingerprint density at radius 1 is 1.35 bits per heavy atom. The maximum Gasteiger partial charge on any atom is 0.431 e. The van der Waals surface area contributed by atoms with Gasteiger partial charge in [0, 0.05) is 29.0 Å². The number of nitrogens with zero attached hydrogens (tertiary/aromatic N) is 1. The van der Waals surface area contributed by atoms with E-state index in [0.29, 0.717) is 18.6 Å². The van der Waals surface area contributed by atoms with Crippen LogP contribution in [0.5, 0.6) is 0 Å². The highest BCUT2D eigenvalue weighted by atomic mass is 79.9. The summed E-state index contributed by atoms with van der Waals surface area (Å²) < 4.78 is 46.8. The molecule has 0 aromatic carbocycles. The number of aliphatic hydroxyl groups is 1. The van der Waals surface area contributed by atoms with E-state index < -0.39 is 23.8 Å². The first-order valence-corrected chi connectivity index (χ1v) is 9.26. The Bertz CT molecular complexity index is 710. The highest BCUT2D eigenvalue weighted by Crippen LogP contribution is 2.40. The molecule has 2 N–H and O–H groups in total. The van der Waals surface area contributed by atoms with Crippen molar-refractivity contribution in [3.05, 3.63) is 46.2 Å². The SMILES string of the molecule is CCOC1C=CC(C2NN=C(C(F)(F)F)C2C2C=CC(Br)=CC2)=C(O)C1. The number of nitrogens with one attached hydrogen (secondary N) is 1. The molecule has 0 bridgehead atoms. The number of hydrogen-bond donors (Lipinski definition) is 2. The highest BCUT2D eigenvalue weighted by molar-refractivity contribution is 9.11. The van der Waals surface area contributed by atoms with E-state index in [1.807, 2.05) is 13.0 Å². The van der Waals surface area contributed by atoms with Crippen molar-refractivity contribution in [2.24, 2.45) is 16.9 Å². The minimum atomic E-state index is -4.53. The van der Waals surface area contributed by atoms with Gasteiger partial charge in [0.05, 0.1) is 12.1 Å². The number of rotatable bonds is 4. The van der Waals surface area contributed by atoms with Crippen LogP contribution in [-0.2, 0) is 4.74 Å². The molecule has 142 valence electrons. The van der Waals surface area contributed by atoms with Crippen LogP contribution in [0.3, 0.4) is 0 Å². The van der Waals surface area contributed by atoms with Crippen LogP contribution in [-0.4, -0.2) is 35.7 Å². The van der Waals surface area contributed by atoms with Crippen LogP contribution in [0.15, 0.2) is 51.3 Å². The summed E-state index contributed by atoms with van der Waals surface area (Å²) in [6.45, 7) is 2.35. The predicted octanol–water partition coefficient (Wildman–Crippen LogP) is 4.52. The quantitative estimate of drug-likeness (QED) is 0.686. The van der Waals surface area contributed by atoms with Gasteiger partial charge in [-0.05, 0) is 19.3 Å². The molecule has 26 heavy (non-hydrogen) atoms. The van der Waals surface area contributed by atoms with Gasteiger partial charge in [0.15, 0.2) is 0 Å². The molecule has 4 atom stereocenters. The van der Waals surface area contributed by atoms with E-state index in [2.05, 4.69) is 26.5 Å². The number of ether oxygens (including phenoxy) is 1. The maximum absolute atomic E-state index is 13.5. The lowest BCUT2D eigenvalue weighted by Crippen LogP contribution is -2.41. The minimum Gasteiger partial charge on any atom is -0.512 e. The monoisotopic (exact) mass is 432 g/mol. The Hall–Kier alpha value is -1.54. The Morgan fingerprint density at radius 2 is 2.12 bits per heavy atom. The lowest BCUT2D eigenvalue weighted by Gasteiger charge is -2.31. The summed E-state index contributed by atoms with van der Waals surface area (Å²) in [6.07, 6.45) is 4.72. The van der Waals surface area contributed by atoms with Gasteiger partial charge in [-0.2, -0.15) is 18.3 Å². The molecule has 8 heteroatoms. The largest absolute Gasteiger partial charge is 0.512 e. The van der Waals surface area contributed by atoms with Crippen molar-refractivity contribution in [2.45, 2.75) is 38.1 Å². The molecule has 1 aliphatic heterocycles. The fourth-order valence-corrected chi connectivity index (χ4v) is 3.93. The summed E-state index contributed by atoms with van der Waals surface area (Å²) >= 11 is 3.33. The van der Waals surface area contributed by atoms with Crippen molar-refractivity contribution in [3.8, 4) is 0 Å². The Morgan fingerprint density at radius 3 is 2.69 bits per heavy atom. The van der Waals surface area contributed by atoms with Crippen molar-refractivity contribution in [2.75, 3.05) is 6.61 Å². The van der Waals surface area contributed by atoms with Crippen molar-refractivity contribution < 1.29 is 23.0 Å². The molecule has 4 unspecified atom stereocenters. The zero-order chi connectivity index (χ0) is 18.9. The van der Waals surface area contributed by atoms with Gasteiger partial charge in [-0.3, -0.25) is 0 Å². The highest BCUT2D eigenvalue weighted by Gasteiger charge is 2.51. The van der Waals surface area contributed by atoms with E-state index in [1.54, 1.807) is 24.3 Å². The molecule has 0 amide bonds. The summed E-state index contributed by atoms with van der Waals surface area (Å²) in [4.78, 5) is 0. The van der Waals surface area contributed by atoms with Gasteiger partial charge >= 0.3 is 6.18 Å². The van der Waals surface area contributed by atoms with Gasteiger partial charge in [0.1, 0.15) is 11.5 Å².